The van der Waals surface area contributed by atoms with Crippen LogP contribution in [0.4, 0.5) is 11.5 Å². The Morgan fingerprint density at radius 1 is 1.10 bits per heavy atom. The van der Waals surface area contributed by atoms with Gasteiger partial charge in [-0.1, -0.05) is 42.8 Å². The van der Waals surface area contributed by atoms with Crippen molar-refractivity contribution in [3.05, 3.63) is 105 Å². The minimum Gasteiger partial charge on any atom is -0.486 e. The van der Waals surface area contributed by atoms with Gasteiger partial charge in [-0.2, -0.15) is 4.91 Å². The van der Waals surface area contributed by atoms with Crippen LogP contribution in [0.2, 0.25) is 5.02 Å². The third-order valence-corrected chi connectivity index (χ3v) is 7.49. The number of carbonyl (C=O) groups excluding carboxylic acids is 1. The van der Waals surface area contributed by atoms with Crippen molar-refractivity contribution in [3.8, 4) is 5.75 Å². The molecule has 3 N–H and O–H groups in total. The number of amides is 1. The number of hydrogen-bond acceptors (Lipinski definition) is 10. The van der Waals surface area contributed by atoms with E-state index >= 15 is 0 Å². The minimum absolute atomic E-state index is 0.103. The predicted molar refractivity (Wildman–Crippen MR) is 208 cm³/mol. The molecule has 3 heterocycles. The molecule has 0 radical (unpaired) electrons. The van der Waals surface area contributed by atoms with Gasteiger partial charge in [-0.05, 0) is 95.3 Å². The van der Waals surface area contributed by atoms with E-state index in [1.54, 1.807) is 31.6 Å². The van der Waals surface area contributed by atoms with Crippen molar-refractivity contribution in [2.45, 2.75) is 54.1 Å². The average Bonchev–Trinajstić information content (AvgIpc) is 3.60. The fraction of sp³-hybridized carbons (Fsp3) is 0.368. The van der Waals surface area contributed by atoms with Gasteiger partial charge in [0.2, 0.25) is 0 Å². The van der Waals surface area contributed by atoms with Crippen LogP contribution in [0.1, 0.15) is 62.7 Å². The molecule has 51 heavy (non-hydrogen) atoms. The number of pyridine rings is 1. The Morgan fingerprint density at radius 3 is 2.47 bits per heavy atom. The first-order valence-corrected chi connectivity index (χ1v) is 17.3. The van der Waals surface area contributed by atoms with Gasteiger partial charge < -0.3 is 30.0 Å². The molecule has 3 aromatic heterocycles. The molecule has 0 aliphatic heterocycles. The highest BCUT2D eigenvalue weighted by Gasteiger charge is 2.15. The highest BCUT2D eigenvalue weighted by atomic mass is 35.5. The van der Waals surface area contributed by atoms with Crippen LogP contribution in [-0.4, -0.2) is 65.8 Å². The fourth-order valence-corrected chi connectivity index (χ4v) is 4.52. The normalized spacial score (nSPS) is 11.6. The molecule has 4 aromatic rings. The number of nitroso groups, excluding NO2 is 1. The molecule has 1 amide bonds. The summed E-state index contributed by atoms with van der Waals surface area (Å²) in [4.78, 5) is 36.6. The average molecular weight is 719 g/mol. The molecule has 0 saturated carbocycles. The van der Waals surface area contributed by atoms with Crippen molar-refractivity contribution in [1.29, 1.82) is 0 Å². The molecule has 0 bridgehead atoms. The zero-order valence-corrected chi connectivity index (χ0v) is 31.5. The molecular weight excluding hydrogens is 668 g/mol. The van der Waals surface area contributed by atoms with Crippen molar-refractivity contribution in [3.63, 3.8) is 0 Å². The van der Waals surface area contributed by atoms with Gasteiger partial charge in [-0.3, -0.25) is 9.78 Å². The summed E-state index contributed by atoms with van der Waals surface area (Å²) in [7, 11) is 3.61. The summed E-state index contributed by atoms with van der Waals surface area (Å²) in [5.41, 5.74) is 3.71. The number of nitrogens with zero attached hydrogens (tertiary/aromatic N) is 5. The van der Waals surface area contributed by atoms with Gasteiger partial charge >= 0.3 is 0 Å². The van der Waals surface area contributed by atoms with Gasteiger partial charge in [0.05, 0.1) is 28.2 Å². The quantitative estimate of drug-likeness (QED) is 0.124. The summed E-state index contributed by atoms with van der Waals surface area (Å²) in [6, 6.07) is 11.1. The van der Waals surface area contributed by atoms with Gasteiger partial charge in [0.25, 0.3) is 5.91 Å². The molecule has 0 saturated heterocycles. The van der Waals surface area contributed by atoms with E-state index in [1.165, 1.54) is 6.33 Å². The van der Waals surface area contributed by atoms with E-state index in [4.69, 9.17) is 16.3 Å². The highest BCUT2D eigenvalue weighted by Crippen LogP contribution is 2.29. The minimum atomic E-state index is -0.166. The molecule has 1 aromatic carbocycles. The Hall–Kier alpha value is -4.91. The molecule has 0 aliphatic carbocycles. The zero-order chi connectivity index (χ0) is 37.4. The second-order valence-electron chi connectivity index (χ2n) is 10.9. The van der Waals surface area contributed by atoms with Crippen LogP contribution >= 0.6 is 11.6 Å². The van der Waals surface area contributed by atoms with Crippen molar-refractivity contribution in [2.75, 3.05) is 45.7 Å². The third-order valence-electron chi connectivity index (χ3n) is 7.19. The lowest BCUT2D eigenvalue weighted by Crippen LogP contribution is -2.31. The molecule has 0 spiro atoms. The van der Waals surface area contributed by atoms with Gasteiger partial charge in [0, 0.05) is 55.5 Å². The summed E-state index contributed by atoms with van der Waals surface area (Å²) in [6.07, 6.45) is 13.8. The first kappa shape index (κ1) is 42.3. The number of rotatable bonds is 15. The van der Waals surface area contributed by atoms with Crippen LogP contribution in [0.3, 0.4) is 0 Å². The SMILES string of the molecule is C/C=c1/c(Nc2ccc(OCc3ccccn3)c(Cl)c2)ncn/c1=C/C=C(\C)n1cc(CCN=O)c(C(=O)NCCC)c1.CCNC.CCOC. The van der Waals surface area contributed by atoms with E-state index in [-0.39, 0.29) is 12.5 Å². The smallest absolute Gasteiger partial charge is 0.253 e. The highest BCUT2D eigenvalue weighted by molar-refractivity contribution is 6.32. The fourth-order valence-electron chi connectivity index (χ4n) is 4.28. The monoisotopic (exact) mass is 718 g/mol. The molecule has 4 rings (SSSR count). The Balaban J connectivity index is 0.00000102. The van der Waals surface area contributed by atoms with Gasteiger partial charge in [-0.25, -0.2) is 9.97 Å². The van der Waals surface area contributed by atoms with Crippen LogP contribution in [0.5, 0.6) is 5.75 Å². The molecular formula is C38H51ClN8O4. The Morgan fingerprint density at radius 2 is 1.86 bits per heavy atom. The summed E-state index contributed by atoms with van der Waals surface area (Å²) >= 11 is 6.51. The molecule has 0 atom stereocenters. The van der Waals surface area contributed by atoms with E-state index in [2.05, 4.69) is 47.7 Å². The molecule has 13 heteroatoms. The van der Waals surface area contributed by atoms with E-state index < -0.39 is 0 Å². The summed E-state index contributed by atoms with van der Waals surface area (Å²) in [6.45, 7) is 12.8. The van der Waals surface area contributed by atoms with E-state index in [1.807, 2.05) is 88.0 Å². The first-order chi connectivity index (χ1) is 24.8. The summed E-state index contributed by atoms with van der Waals surface area (Å²) < 4.78 is 12.2. The molecule has 0 aliphatic rings. The van der Waals surface area contributed by atoms with Crippen LogP contribution in [0, 0.1) is 4.91 Å². The maximum absolute atomic E-state index is 12.7. The summed E-state index contributed by atoms with van der Waals surface area (Å²) in [5.74, 6) is 1.01. The number of nitrogens with one attached hydrogen (secondary N) is 3. The predicted octanol–water partition coefficient (Wildman–Crippen LogP) is 6.12. The Kier molecular flexibility index (Phi) is 20.1. The lowest BCUT2D eigenvalue weighted by atomic mass is 10.1. The van der Waals surface area contributed by atoms with Crippen molar-refractivity contribution >= 4 is 46.9 Å². The summed E-state index contributed by atoms with van der Waals surface area (Å²) in [5, 5.41) is 14.1. The van der Waals surface area contributed by atoms with Gasteiger partial charge in [0.15, 0.2) is 0 Å². The number of ether oxygens (including phenoxy) is 2. The maximum Gasteiger partial charge on any atom is 0.253 e. The zero-order valence-electron chi connectivity index (χ0n) is 30.7. The van der Waals surface area contributed by atoms with Crippen LogP contribution in [-0.2, 0) is 17.8 Å². The molecule has 274 valence electrons. The molecule has 0 fully saturated rings. The number of halogens is 1. The number of hydrogen-bond donors (Lipinski definition) is 3. The lowest BCUT2D eigenvalue weighted by molar-refractivity contribution is 0.0953. The molecule has 0 unspecified atom stereocenters. The second-order valence-corrected chi connectivity index (χ2v) is 11.3. The van der Waals surface area contributed by atoms with Crippen molar-refractivity contribution in [2.24, 2.45) is 5.18 Å². The number of aromatic nitrogens is 4. The number of methoxy groups -OCH3 is 1. The van der Waals surface area contributed by atoms with Gasteiger partial charge in [-0.15, -0.1) is 0 Å². The third kappa shape index (κ3) is 14.5. The van der Waals surface area contributed by atoms with E-state index in [0.717, 1.165) is 47.4 Å². The topological polar surface area (TPSA) is 145 Å². The largest absolute Gasteiger partial charge is 0.486 e. The number of benzene rings is 1. The molecule has 12 nitrogen and oxygen atoms in total. The standard InChI is InChI=1S/C32H34ClN7O3.C3H9N.C3H8O/c1-4-14-35-32(41)27-19-40(18-23(27)13-16-38-42)22(3)9-11-29-26(5-2)31(37-21-36-29)39-24-10-12-30(28(33)17-24)43-20-25-8-6-7-15-34-25;2*1-3-4-2/h5-12,15,17-19,21H,4,13-14,16,20H2,1-3H3,(H,35,41)(H,36,37,39);4H,3H2,1-2H3;3H2,1-2H3/b22-9+,26-5+,29-11+;;. The lowest BCUT2D eigenvalue weighted by Gasteiger charge is -2.11. The van der Waals surface area contributed by atoms with Crippen molar-refractivity contribution < 1.29 is 14.3 Å². The van der Waals surface area contributed by atoms with Crippen LogP contribution in [0.25, 0.3) is 17.8 Å². The maximum atomic E-state index is 12.7. The van der Waals surface area contributed by atoms with Crippen LogP contribution in [0.15, 0.2) is 72.6 Å². The number of anilines is 2. The van der Waals surface area contributed by atoms with Crippen molar-refractivity contribution in [1.82, 2.24) is 30.2 Å². The van der Waals surface area contributed by atoms with Gasteiger partial charge in [0.1, 0.15) is 24.5 Å². The Labute approximate surface area is 306 Å². The van der Waals surface area contributed by atoms with E-state index in [0.29, 0.717) is 47.1 Å². The first-order valence-electron chi connectivity index (χ1n) is 16.9. The van der Waals surface area contributed by atoms with E-state index in [9.17, 15) is 9.70 Å². The van der Waals surface area contributed by atoms with Crippen LogP contribution < -0.4 is 31.3 Å². The number of carbonyl (C=O) groups is 1. The second kappa shape index (κ2) is 24.3. The number of allylic oxidation sites excluding steroid dienone is 2. The Bertz CT molecular complexity index is 1790.